The maximum absolute atomic E-state index is 11.9. The summed E-state index contributed by atoms with van der Waals surface area (Å²) in [4.78, 5) is 18.8. The smallest absolute Gasteiger partial charge is 0.331 e. The van der Waals surface area contributed by atoms with Gasteiger partial charge in [-0.2, -0.15) is 0 Å². The second kappa shape index (κ2) is 5.94. The van der Waals surface area contributed by atoms with Gasteiger partial charge in [0.25, 0.3) is 10.0 Å². The Morgan fingerprint density at radius 1 is 1.32 bits per heavy atom. The van der Waals surface area contributed by atoms with Crippen LogP contribution in [0.15, 0.2) is 34.1 Å². The lowest BCUT2D eigenvalue weighted by atomic mass is 9.98. The maximum atomic E-state index is 11.9. The van der Waals surface area contributed by atoms with Crippen LogP contribution < -0.4 is 4.89 Å². The highest BCUT2D eigenvalue weighted by Crippen LogP contribution is 2.19. The average molecular weight is 303 g/mol. The minimum atomic E-state index is -3.85. The maximum Gasteiger partial charge on any atom is 0.331 e. The minimum absolute atomic E-state index is 0.0565. The monoisotopic (exact) mass is 303 g/mol. The van der Waals surface area contributed by atoms with Gasteiger partial charge in [0, 0.05) is 4.90 Å². The number of hydrogen-bond acceptors (Lipinski definition) is 5. The largest absolute Gasteiger partial charge is 0.355 e. The summed E-state index contributed by atoms with van der Waals surface area (Å²) in [7, 11) is -3.85. The Hall–Kier alpha value is -1.05. The molecule has 5 nitrogen and oxygen atoms in total. The molecule has 0 aliphatic carbocycles. The molecule has 0 fully saturated rings. The molecule has 1 N–H and O–H groups in total. The number of carbonyl (C=O) groups is 1. The van der Waals surface area contributed by atoms with E-state index in [4.69, 9.17) is 0 Å². The Bertz CT molecular complexity index is 561. The number of hydrogen-bond donors (Lipinski definition) is 1. The first-order valence-electron chi connectivity index (χ1n) is 5.54. The molecule has 0 heterocycles. The highest BCUT2D eigenvalue weighted by Gasteiger charge is 2.26. The minimum Gasteiger partial charge on any atom is -0.355 e. The van der Waals surface area contributed by atoms with Gasteiger partial charge in [-0.15, -0.1) is 11.8 Å². The topological polar surface area (TPSA) is 72.5 Å². The standard InChI is InChI=1S/C12H17NO4S2/c1-12(2,3)11(14)17-13-19(15,16)10-7-5-6-9(8-10)18-4/h5-8,13H,1-4H3. The summed E-state index contributed by atoms with van der Waals surface area (Å²) in [6, 6.07) is 6.38. The lowest BCUT2D eigenvalue weighted by molar-refractivity contribution is -0.156. The van der Waals surface area contributed by atoms with Crippen molar-refractivity contribution in [2.75, 3.05) is 6.26 Å². The fraction of sp³-hybridized carbons (Fsp3) is 0.417. The lowest BCUT2D eigenvalue weighted by Crippen LogP contribution is -2.33. The molecule has 0 amide bonds. The normalized spacial score (nSPS) is 12.2. The number of rotatable bonds is 4. The third kappa shape index (κ3) is 4.52. The van der Waals surface area contributed by atoms with Crippen molar-refractivity contribution >= 4 is 27.8 Å². The highest BCUT2D eigenvalue weighted by atomic mass is 32.2. The van der Waals surface area contributed by atoms with E-state index < -0.39 is 21.4 Å². The summed E-state index contributed by atoms with van der Waals surface area (Å²) in [5.41, 5.74) is -0.774. The van der Waals surface area contributed by atoms with Crippen LogP contribution in [0.3, 0.4) is 0 Å². The van der Waals surface area contributed by atoms with Crippen LogP contribution in [0.2, 0.25) is 0 Å². The average Bonchev–Trinajstić information content (AvgIpc) is 2.35. The highest BCUT2D eigenvalue weighted by molar-refractivity contribution is 7.98. The summed E-state index contributed by atoms with van der Waals surface area (Å²) >= 11 is 1.43. The van der Waals surface area contributed by atoms with Crippen molar-refractivity contribution in [3.63, 3.8) is 0 Å². The van der Waals surface area contributed by atoms with E-state index in [9.17, 15) is 13.2 Å². The van der Waals surface area contributed by atoms with Crippen molar-refractivity contribution in [3.8, 4) is 0 Å². The van der Waals surface area contributed by atoms with Crippen LogP contribution in [0.5, 0.6) is 0 Å². The third-order valence-electron chi connectivity index (χ3n) is 2.21. The predicted molar refractivity (Wildman–Crippen MR) is 74.1 cm³/mol. The predicted octanol–water partition coefficient (Wildman–Crippen LogP) is 2.19. The molecule has 0 atom stereocenters. The zero-order valence-electron chi connectivity index (χ0n) is 11.3. The molecule has 106 valence electrons. The summed E-state index contributed by atoms with van der Waals surface area (Å²) in [5, 5.41) is 0. The first kappa shape index (κ1) is 16.0. The van der Waals surface area contributed by atoms with E-state index in [0.29, 0.717) is 0 Å². The molecule has 19 heavy (non-hydrogen) atoms. The van der Waals surface area contributed by atoms with Gasteiger partial charge in [0.1, 0.15) is 0 Å². The van der Waals surface area contributed by atoms with Crippen LogP contribution in [0, 0.1) is 5.41 Å². The van der Waals surface area contributed by atoms with Gasteiger partial charge >= 0.3 is 5.97 Å². The SMILES string of the molecule is CSc1cccc(S(=O)(=O)NOC(=O)C(C)(C)C)c1. The molecule has 0 aromatic heterocycles. The van der Waals surface area contributed by atoms with Crippen molar-refractivity contribution in [2.24, 2.45) is 5.41 Å². The molecular weight excluding hydrogens is 286 g/mol. The molecule has 0 bridgehead atoms. The van der Waals surface area contributed by atoms with Gasteiger partial charge in [0.05, 0.1) is 10.3 Å². The van der Waals surface area contributed by atoms with E-state index in [1.54, 1.807) is 32.9 Å². The molecule has 0 radical (unpaired) electrons. The first-order chi connectivity index (χ1) is 8.66. The number of benzene rings is 1. The van der Waals surface area contributed by atoms with E-state index in [2.05, 4.69) is 4.84 Å². The summed E-state index contributed by atoms with van der Waals surface area (Å²) in [5.74, 6) is -0.642. The molecular formula is C12H17NO4S2. The Labute approximate surface area is 117 Å². The Morgan fingerprint density at radius 3 is 2.47 bits per heavy atom. The zero-order chi connectivity index (χ0) is 14.7. The molecule has 7 heteroatoms. The summed E-state index contributed by atoms with van der Waals surface area (Å²) in [6.07, 6.45) is 1.85. The van der Waals surface area contributed by atoms with Gasteiger partial charge in [-0.1, -0.05) is 6.07 Å². The van der Waals surface area contributed by atoms with E-state index in [0.717, 1.165) is 4.90 Å². The Kier molecular flexibility index (Phi) is 5.00. The van der Waals surface area contributed by atoms with Gasteiger partial charge in [-0.25, -0.2) is 13.2 Å². The van der Waals surface area contributed by atoms with Crippen molar-refractivity contribution in [1.29, 1.82) is 0 Å². The van der Waals surface area contributed by atoms with Crippen LogP contribution in [0.1, 0.15) is 20.8 Å². The van der Waals surface area contributed by atoms with Crippen molar-refractivity contribution in [2.45, 2.75) is 30.6 Å². The van der Waals surface area contributed by atoms with E-state index in [1.807, 2.05) is 11.1 Å². The van der Waals surface area contributed by atoms with Gasteiger partial charge < -0.3 is 4.84 Å². The number of thioether (sulfide) groups is 1. The van der Waals surface area contributed by atoms with E-state index in [1.165, 1.54) is 23.9 Å². The summed E-state index contributed by atoms with van der Waals surface area (Å²) in [6.45, 7) is 4.91. The van der Waals surface area contributed by atoms with Crippen LogP contribution in [-0.2, 0) is 19.7 Å². The van der Waals surface area contributed by atoms with Gasteiger partial charge in [0.15, 0.2) is 0 Å². The van der Waals surface area contributed by atoms with Crippen LogP contribution >= 0.6 is 11.8 Å². The molecule has 0 saturated carbocycles. The van der Waals surface area contributed by atoms with Crippen molar-refractivity contribution in [1.82, 2.24) is 4.89 Å². The van der Waals surface area contributed by atoms with Crippen LogP contribution in [-0.4, -0.2) is 20.6 Å². The number of carbonyl (C=O) groups excluding carboxylic acids is 1. The fourth-order valence-electron chi connectivity index (χ4n) is 1.06. The van der Waals surface area contributed by atoms with Gasteiger partial charge in [-0.3, -0.25) is 0 Å². The molecule has 1 aromatic carbocycles. The van der Waals surface area contributed by atoms with Crippen LogP contribution in [0.25, 0.3) is 0 Å². The first-order valence-corrected chi connectivity index (χ1v) is 8.25. The third-order valence-corrected chi connectivity index (χ3v) is 4.11. The Balaban J connectivity index is 2.84. The lowest BCUT2D eigenvalue weighted by Gasteiger charge is -2.16. The van der Waals surface area contributed by atoms with Crippen molar-refractivity contribution < 1.29 is 18.0 Å². The second-order valence-electron chi connectivity index (χ2n) is 4.91. The van der Waals surface area contributed by atoms with Crippen LogP contribution in [0.4, 0.5) is 0 Å². The zero-order valence-corrected chi connectivity index (χ0v) is 12.9. The van der Waals surface area contributed by atoms with Gasteiger partial charge in [0.2, 0.25) is 0 Å². The molecule has 1 rings (SSSR count). The number of sulfonamides is 1. The van der Waals surface area contributed by atoms with Gasteiger partial charge in [-0.05, 0) is 50.1 Å². The fourth-order valence-corrected chi connectivity index (χ4v) is 2.42. The molecule has 0 aliphatic rings. The molecule has 0 unspecified atom stereocenters. The quantitative estimate of drug-likeness (QED) is 0.682. The molecule has 0 saturated heterocycles. The molecule has 1 aromatic rings. The second-order valence-corrected chi connectivity index (χ2v) is 7.43. The van der Waals surface area contributed by atoms with E-state index in [-0.39, 0.29) is 4.90 Å². The molecule has 0 spiro atoms. The molecule has 0 aliphatic heterocycles. The number of nitrogens with one attached hydrogen (secondary N) is 1. The summed E-state index contributed by atoms with van der Waals surface area (Å²) < 4.78 is 23.9. The van der Waals surface area contributed by atoms with E-state index >= 15 is 0 Å². The van der Waals surface area contributed by atoms with Crippen molar-refractivity contribution in [3.05, 3.63) is 24.3 Å². The Morgan fingerprint density at radius 2 is 1.95 bits per heavy atom.